The largest absolute Gasteiger partial charge is 0.481 e. The van der Waals surface area contributed by atoms with Gasteiger partial charge in [0, 0.05) is 6.42 Å². The number of aromatic carboxylic acids is 1. The predicted octanol–water partition coefficient (Wildman–Crippen LogP) is 2.17. The molecule has 0 amide bonds. The fourth-order valence-corrected chi connectivity index (χ4v) is 0.813. The predicted molar refractivity (Wildman–Crippen MR) is 56.1 cm³/mol. The molecule has 1 rings (SSSR count). The smallest absolute Gasteiger partial charge is 0.335 e. The summed E-state index contributed by atoms with van der Waals surface area (Å²) < 4.78 is 0. The van der Waals surface area contributed by atoms with E-state index in [1.165, 1.54) is 0 Å². The third-order valence-electron chi connectivity index (χ3n) is 1.68. The van der Waals surface area contributed by atoms with Gasteiger partial charge in [-0.3, -0.25) is 4.79 Å². The van der Waals surface area contributed by atoms with Crippen LogP contribution in [0.1, 0.15) is 29.3 Å². The van der Waals surface area contributed by atoms with Gasteiger partial charge >= 0.3 is 11.9 Å². The fraction of sp³-hybridized carbons (Fsp3) is 0.273. The molecular weight excluding hydrogens is 196 g/mol. The summed E-state index contributed by atoms with van der Waals surface area (Å²) in [6, 6.07) is 6.92. The maximum atomic E-state index is 10.4. The van der Waals surface area contributed by atoms with Gasteiger partial charge in [-0.2, -0.15) is 0 Å². The Morgan fingerprint density at radius 2 is 1.67 bits per heavy atom. The molecule has 1 aromatic rings. The molecule has 82 valence electrons. The van der Waals surface area contributed by atoms with Crippen molar-refractivity contribution in [3.05, 3.63) is 35.4 Å². The summed E-state index contributed by atoms with van der Waals surface area (Å²) in [5.41, 5.74) is 1.18. The van der Waals surface area contributed by atoms with Crippen LogP contribution in [0.2, 0.25) is 0 Å². The fourth-order valence-electron chi connectivity index (χ4n) is 0.813. The van der Waals surface area contributed by atoms with Crippen LogP contribution in [-0.2, 0) is 4.79 Å². The minimum Gasteiger partial charge on any atom is -0.481 e. The van der Waals surface area contributed by atoms with Gasteiger partial charge in [0.05, 0.1) is 5.56 Å². The molecule has 0 atom stereocenters. The van der Waals surface area contributed by atoms with E-state index in [4.69, 9.17) is 10.2 Å². The van der Waals surface area contributed by atoms with Crippen LogP contribution < -0.4 is 0 Å². The Balaban J connectivity index is 0.000000336. The highest BCUT2D eigenvalue weighted by atomic mass is 16.4. The Morgan fingerprint density at radius 3 is 1.93 bits per heavy atom. The molecule has 0 aliphatic carbocycles. The van der Waals surface area contributed by atoms with E-state index in [1.807, 2.05) is 6.07 Å². The van der Waals surface area contributed by atoms with Crippen LogP contribution in [0.4, 0.5) is 0 Å². The SMILES string of the molecule is CCC(=O)O.Cc1ccccc1C(=O)O. The number of carboxylic acid groups (broad SMARTS) is 2. The van der Waals surface area contributed by atoms with E-state index in [-0.39, 0.29) is 6.42 Å². The third-order valence-corrected chi connectivity index (χ3v) is 1.68. The van der Waals surface area contributed by atoms with Gasteiger partial charge in [0.25, 0.3) is 0 Å². The van der Waals surface area contributed by atoms with Gasteiger partial charge in [0.15, 0.2) is 0 Å². The minimum absolute atomic E-state index is 0.222. The molecule has 4 heteroatoms. The molecule has 2 N–H and O–H groups in total. The topological polar surface area (TPSA) is 74.6 Å². The minimum atomic E-state index is -0.863. The Labute approximate surface area is 88.2 Å². The van der Waals surface area contributed by atoms with E-state index in [0.717, 1.165) is 5.56 Å². The molecule has 0 saturated heterocycles. The molecule has 0 saturated carbocycles. The van der Waals surface area contributed by atoms with Gasteiger partial charge < -0.3 is 10.2 Å². The number of hydrogen-bond donors (Lipinski definition) is 2. The summed E-state index contributed by atoms with van der Waals surface area (Å²) in [4.78, 5) is 19.8. The van der Waals surface area contributed by atoms with Crippen LogP contribution in [0.3, 0.4) is 0 Å². The van der Waals surface area contributed by atoms with Gasteiger partial charge in [-0.05, 0) is 18.6 Å². The number of carbonyl (C=O) groups is 2. The molecule has 0 spiro atoms. The Morgan fingerprint density at radius 1 is 1.20 bits per heavy atom. The van der Waals surface area contributed by atoms with Crippen LogP contribution >= 0.6 is 0 Å². The number of benzene rings is 1. The van der Waals surface area contributed by atoms with Crippen LogP contribution in [0.5, 0.6) is 0 Å². The van der Waals surface area contributed by atoms with Crippen molar-refractivity contribution in [2.75, 3.05) is 0 Å². The van der Waals surface area contributed by atoms with Crippen molar-refractivity contribution in [3.63, 3.8) is 0 Å². The summed E-state index contributed by atoms with van der Waals surface area (Å²) >= 11 is 0. The van der Waals surface area contributed by atoms with E-state index in [0.29, 0.717) is 5.56 Å². The van der Waals surface area contributed by atoms with Gasteiger partial charge in [0.1, 0.15) is 0 Å². The van der Waals surface area contributed by atoms with E-state index in [1.54, 1.807) is 32.0 Å². The number of carboxylic acids is 2. The first-order valence-corrected chi connectivity index (χ1v) is 4.49. The quantitative estimate of drug-likeness (QED) is 0.784. The average molecular weight is 210 g/mol. The zero-order chi connectivity index (χ0) is 11.8. The highest BCUT2D eigenvalue weighted by Crippen LogP contribution is 2.05. The lowest BCUT2D eigenvalue weighted by atomic mass is 10.1. The van der Waals surface area contributed by atoms with Crippen LogP contribution in [0.15, 0.2) is 24.3 Å². The molecule has 0 bridgehead atoms. The van der Waals surface area contributed by atoms with Gasteiger partial charge in [0.2, 0.25) is 0 Å². The van der Waals surface area contributed by atoms with Crippen LogP contribution in [0, 0.1) is 6.92 Å². The first-order chi connectivity index (χ1) is 6.99. The molecule has 4 nitrogen and oxygen atoms in total. The summed E-state index contributed by atoms with van der Waals surface area (Å²) in [6.07, 6.45) is 0.222. The van der Waals surface area contributed by atoms with Crippen molar-refractivity contribution in [1.29, 1.82) is 0 Å². The molecule has 0 aliphatic rings. The lowest BCUT2D eigenvalue weighted by molar-refractivity contribution is -0.136. The van der Waals surface area contributed by atoms with E-state index in [9.17, 15) is 9.59 Å². The van der Waals surface area contributed by atoms with Crippen molar-refractivity contribution in [2.45, 2.75) is 20.3 Å². The van der Waals surface area contributed by atoms with Crippen molar-refractivity contribution in [2.24, 2.45) is 0 Å². The number of rotatable bonds is 2. The number of hydrogen-bond acceptors (Lipinski definition) is 2. The second-order valence-electron chi connectivity index (χ2n) is 2.87. The molecule has 0 fully saturated rings. The van der Waals surface area contributed by atoms with Crippen molar-refractivity contribution < 1.29 is 19.8 Å². The third kappa shape index (κ3) is 5.46. The summed E-state index contributed by atoms with van der Waals surface area (Å²) in [6.45, 7) is 3.38. The summed E-state index contributed by atoms with van der Waals surface area (Å²) in [5.74, 6) is -1.61. The molecule has 0 heterocycles. The summed E-state index contributed by atoms with van der Waals surface area (Å²) in [7, 11) is 0. The van der Waals surface area contributed by atoms with E-state index >= 15 is 0 Å². The molecule has 0 aromatic heterocycles. The van der Waals surface area contributed by atoms with Crippen LogP contribution in [-0.4, -0.2) is 22.2 Å². The monoisotopic (exact) mass is 210 g/mol. The average Bonchev–Trinajstić information content (AvgIpc) is 2.19. The molecular formula is C11H14O4. The number of aliphatic carboxylic acids is 1. The maximum absolute atomic E-state index is 10.4. The zero-order valence-electron chi connectivity index (χ0n) is 8.73. The lowest BCUT2D eigenvalue weighted by Gasteiger charge is -1.96. The molecule has 15 heavy (non-hydrogen) atoms. The first-order valence-electron chi connectivity index (χ1n) is 4.49. The summed E-state index contributed by atoms with van der Waals surface area (Å²) in [5, 5.41) is 16.3. The molecule has 1 aromatic carbocycles. The molecule has 0 radical (unpaired) electrons. The second kappa shape index (κ2) is 6.59. The zero-order valence-corrected chi connectivity index (χ0v) is 8.73. The van der Waals surface area contributed by atoms with Gasteiger partial charge in [-0.15, -0.1) is 0 Å². The van der Waals surface area contributed by atoms with E-state index in [2.05, 4.69) is 0 Å². The highest BCUT2D eigenvalue weighted by Gasteiger charge is 2.02. The van der Waals surface area contributed by atoms with Crippen molar-refractivity contribution in [1.82, 2.24) is 0 Å². The molecule has 0 unspecified atom stereocenters. The molecule has 0 aliphatic heterocycles. The lowest BCUT2D eigenvalue weighted by Crippen LogP contribution is -1.97. The Bertz CT molecular complexity index is 344. The normalized spacial score (nSPS) is 8.67. The van der Waals surface area contributed by atoms with Gasteiger partial charge in [-0.25, -0.2) is 4.79 Å². The Hall–Kier alpha value is -1.84. The number of aryl methyl sites for hydroxylation is 1. The Kier molecular flexibility index (Phi) is 5.78. The standard InChI is InChI=1S/C8H8O2.C3H6O2/c1-6-4-2-3-5-7(6)8(9)10;1-2-3(4)5/h2-5H,1H3,(H,9,10);2H2,1H3,(H,4,5). The second-order valence-corrected chi connectivity index (χ2v) is 2.87. The maximum Gasteiger partial charge on any atom is 0.335 e. The van der Waals surface area contributed by atoms with Crippen LogP contribution in [0.25, 0.3) is 0 Å². The highest BCUT2D eigenvalue weighted by molar-refractivity contribution is 5.89. The first kappa shape index (κ1) is 13.2. The van der Waals surface area contributed by atoms with Crippen molar-refractivity contribution >= 4 is 11.9 Å². The van der Waals surface area contributed by atoms with E-state index < -0.39 is 11.9 Å². The van der Waals surface area contributed by atoms with Crippen molar-refractivity contribution in [3.8, 4) is 0 Å². The van der Waals surface area contributed by atoms with Gasteiger partial charge in [-0.1, -0.05) is 25.1 Å².